The normalized spacial score (nSPS) is 15.1. The highest BCUT2D eigenvalue weighted by molar-refractivity contribution is 14.1. The number of thioether (sulfide) groups is 1. The molecule has 8 nitrogen and oxygen atoms in total. The van der Waals surface area contributed by atoms with Crippen molar-refractivity contribution >= 4 is 74.8 Å². The third-order valence-corrected chi connectivity index (χ3v) is 5.54. The van der Waals surface area contributed by atoms with E-state index in [-0.39, 0.29) is 10.9 Å². The average molecular weight is 537 g/mol. The molecule has 1 aliphatic rings. The average Bonchev–Trinajstić information content (AvgIpc) is 2.88. The van der Waals surface area contributed by atoms with Gasteiger partial charge < -0.3 is 19.3 Å². The monoisotopic (exact) mass is 537 g/mol. The fourth-order valence-electron chi connectivity index (χ4n) is 2.19. The first-order valence-corrected chi connectivity index (χ1v) is 10.2. The predicted molar refractivity (Wildman–Crippen MR) is 115 cm³/mol. The largest absolute Gasteiger partial charge is 0.490 e. The molecule has 1 fully saturated rings. The fourth-order valence-corrected chi connectivity index (χ4v) is 4.22. The number of benzene rings is 1. The minimum atomic E-state index is -1.14. The summed E-state index contributed by atoms with van der Waals surface area (Å²) >= 11 is 8.16. The van der Waals surface area contributed by atoms with Crippen LogP contribution in [0.25, 0.3) is 6.08 Å². The number of carbonyl (C=O) groups is 3. The van der Waals surface area contributed by atoms with Gasteiger partial charge in [-0.15, -0.1) is 0 Å². The van der Waals surface area contributed by atoms with Crippen LogP contribution in [0.5, 0.6) is 11.5 Å². The number of rotatable bonds is 8. The number of esters is 1. The van der Waals surface area contributed by atoms with Gasteiger partial charge in [0.1, 0.15) is 10.9 Å². The van der Waals surface area contributed by atoms with Crippen molar-refractivity contribution < 1.29 is 33.7 Å². The Bertz CT molecular complexity index is 856. The van der Waals surface area contributed by atoms with Gasteiger partial charge in [-0.3, -0.25) is 14.5 Å². The summed E-state index contributed by atoms with van der Waals surface area (Å²) in [4.78, 5) is 36.0. The summed E-state index contributed by atoms with van der Waals surface area (Å²) in [5, 5.41) is 8.91. The zero-order valence-electron chi connectivity index (χ0n) is 14.9. The topological polar surface area (TPSA) is 102 Å². The van der Waals surface area contributed by atoms with Crippen molar-refractivity contribution in [3.8, 4) is 11.5 Å². The van der Waals surface area contributed by atoms with Crippen LogP contribution >= 0.6 is 46.6 Å². The van der Waals surface area contributed by atoms with E-state index in [2.05, 4.69) is 4.74 Å². The van der Waals surface area contributed by atoms with E-state index in [4.69, 9.17) is 26.8 Å². The fraction of sp³-hybridized carbons (Fsp3) is 0.294. The van der Waals surface area contributed by atoms with Gasteiger partial charge in [0.05, 0.1) is 22.2 Å². The summed E-state index contributed by atoms with van der Waals surface area (Å²) in [6.45, 7) is 1.43. The molecule has 0 radical (unpaired) electrons. The van der Waals surface area contributed by atoms with E-state index < -0.39 is 24.4 Å². The van der Waals surface area contributed by atoms with Crippen molar-refractivity contribution in [2.75, 3.05) is 26.9 Å². The maximum absolute atomic E-state index is 12.4. The summed E-state index contributed by atoms with van der Waals surface area (Å²) in [5.41, 5.74) is 0.647. The number of hydrogen-bond donors (Lipinski definition) is 1. The first kappa shape index (κ1) is 22.4. The Hall–Kier alpha value is -1.86. The Morgan fingerprint density at radius 1 is 1.36 bits per heavy atom. The molecule has 11 heteroatoms. The van der Waals surface area contributed by atoms with Crippen molar-refractivity contribution in [3.63, 3.8) is 0 Å². The Morgan fingerprint density at radius 2 is 2.07 bits per heavy atom. The molecule has 0 bridgehead atoms. The zero-order valence-corrected chi connectivity index (χ0v) is 18.7. The number of aliphatic carboxylic acids is 1. The molecule has 0 saturated carbocycles. The standard InChI is InChI=1S/C17H16INO7S2/c1-3-25-11-5-9(4-10(18)15(11)26-8-14(22)24-2)6-12-16(23)19(7-13(20)21)17(27)28-12/h4-6H,3,7-8H2,1-2H3,(H,20,21)/b12-6-. The van der Waals surface area contributed by atoms with Gasteiger partial charge in [-0.25, -0.2) is 4.79 Å². The summed E-state index contributed by atoms with van der Waals surface area (Å²) in [5.74, 6) is -1.33. The van der Waals surface area contributed by atoms with Gasteiger partial charge in [0.2, 0.25) is 0 Å². The molecule has 0 atom stereocenters. The molecular weight excluding hydrogens is 521 g/mol. The Balaban J connectivity index is 2.32. The van der Waals surface area contributed by atoms with Crippen molar-refractivity contribution in [1.29, 1.82) is 0 Å². The van der Waals surface area contributed by atoms with Crippen LogP contribution in [0, 0.1) is 3.57 Å². The highest BCUT2D eigenvalue weighted by Crippen LogP contribution is 2.37. The minimum absolute atomic E-state index is 0.191. The molecule has 1 aliphatic heterocycles. The van der Waals surface area contributed by atoms with Crippen molar-refractivity contribution in [2.24, 2.45) is 0 Å². The molecule has 0 spiro atoms. The Morgan fingerprint density at radius 3 is 2.68 bits per heavy atom. The third kappa shape index (κ3) is 5.58. The molecule has 28 heavy (non-hydrogen) atoms. The maximum Gasteiger partial charge on any atom is 0.343 e. The molecule has 2 rings (SSSR count). The molecular formula is C17H16INO7S2. The molecule has 0 aromatic heterocycles. The highest BCUT2D eigenvalue weighted by atomic mass is 127. The lowest BCUT2D eigenvalue weighted by molar-refractivity contribution is -0.143. The summed E-state index contributed by atoms with van der Waals surface area (Å²) in [6, 6.07) is 3.42. The van der Waals surface area contributed by atoms with Crippen LogP contribution in [0.15, 0.2) is 17.0 Å². The van der Waals surface area contributed by atoms with E-state index in [1.165, 1.54) is 7.11 Å². The molecule has 1 heterocycles. The Kier molecular flexibility index (Phi) is 8.07. The molecule has 0 aliphatic carbocycles. The summed E-state index contributed by atoms with van der Waals surface area (Å²) < 4.78 is 16.5. The maximum atomic E-state index is 12.4. The van der Waals surface area contributed by atoms with Gasteiger partial charge in [0, 0.05) is 0 Å². The molecule has 1 aromatic rings. The first-order chi connectivity index (χ1) is 13.3. The van der Waals surface area contributed by atoms with E-state index >= 15 is 0 Å². The molecule has 150 valence electrons. The predicted octanol–water partition coefficient (Wildman–Crippen LogP) is 2.53. The van der Waals surface area contributed by atoms with E-state index in [1.807, 2.05) is 22.6 Å². The number of carboxylic acids is 1. The number of halogens is 1. The SMILES string of the molecule is CCOc1cc(/C=C2\SC(=S)N(CC(=O)O)C2=O)cc(I)c1OCC(=O)OC. The van der Waals surface area contributed by atoms with E-state index in [1.54, 1.807) is 25.1 Å². The zero-order chi connectivity index (χ0) is 20.8. The summed E-state index contributed by atoms with van der Waals surface area (Å²) in [7, 11) is 1.27. The second kappa shape index (κ2) is 10.1. The first-order valence-electron chi connectivity index (χ1n) is 7.90. The van der Waals surface area contributed by atoms with Gasteiger partial charge in [-0.2, -0.15) is 0 Å². The minimum Gasteiger partial charge on any atom is -0.490 e. The second-order valence-corrected chi connectivity index (χ2v) is 8.13. The Labute approximate surface area is 184 Å². The summed E-state index contributed by atoms with van der Waals surface area (Å²) in [6.07, 6.45) is 1.61. The smallest absolute Gasteiger partial charge is 0.343 e. The lowest BCUT2D eigenvalue weighted by Gasteiger charge is -2.14. The number of carboxylic acid groups (broad SMARTS) is 1. The van der Waals surface area contributed by atoms with Gasteiger partial charge in [0.25, 0.3) is 5.91 Å². The highest BCUT2D eigenvalue weighted by Gasteiger charge is 2.33. The van der Waals surface area contributed by atoms with Crippen LogP contribution < -0.4 is 9.47 Å². The van der Waals surface area contributed by atoms with E-state index in [0.29, 0.717) is 32.1 Å². The third-order valence-electron chi connectivity index (χ3n) is 3.36. The molecule has 1 aromatic carbocycles. The lowest BCUT2D eigenvalue weighted by atomic mass is 10.2. The molecule has 1 N–H and O–H groups in total. The van der Waals surface area contributed by atoms with Crippen LogP contribution in [0.4, 0.5) is 0 Å². The quantitative estimate of drug-likeness (QED) is 0.232. The molecule has 1 saturated heterocycles. The van der Waals surface area contributed by atoms with Crippen molar-refractivity contribution in [1.82, 2.24) is 4.90 Å². The van der Waals surface area contributed by atoms with Gasteiger partial charge in [0.15, 0.2) is 18.1 Å². The van der Waals surface area contributed by atoms with Gasteiger partial charge in [-0.05, 0) is 53.3 Å². The van der Waals surface area contributed by atoms with Gasteiger partial charge >= 0.3 is 11.9 Å². The number of thiocarbonyl (C=S) groups is 1. The number of ether oxygens (including phenoxy) is 3. The van der Waals surface area contributed by atoms with Crippen LogP contribution in [-0.2, 0) is 19.1 Å². The second-order valence-electron chi connectivity index (χ2n) is 5.29. The van der Waals surface area contributed by atoms with Crippen LogP contribution in [0.1, 0.15) is 12.5 Å². The number of methoxy groups -OCH3 is 1. The number of carbonyl (C=O) groups excluding carboxylic acids is 2. The number of hydrogen-bond acceptors (Lipinski definition) is 8. The molecule has 0 unspecified atom stereocenters. The van der Waals surface area contributed by atoms with Gasteiger partial charge in [-0.1, -0.05) is 24.0 Å². The van der Waals surface area contributed by atoms with E-state index in [9.17, 15) is 14.4 Å². The van der Waals surface area contributed by atoms with Crippen LogP contribution in [0.3, 0.4) is 0 Å². The number of amides is 1. The van der Waals surface area contributed by atoms with Crippen LogP contribution in [-0.4, -0.2) is 59.0 Å². The van der Waals surface area contributed by atoms with Crippen molar-refractivity contribution in [2.45, 2.75) is 6.92 Å². The molecule has 1 amide bonds. The number of nitrogens with zero attached hydrogens (tertiary/aromatic N) is 1. The van der Waals surface area contributed by atoms with E-state index in [0.717, 1.165) is 16.7 Å². The van der Waals surface area contributed by atoms with Crippen LogP contribution in [0.2, 0.25) is 0 Å². The lowest BCUT2D eigenvalue weighted by Crippen LogP contribution is -2.33. The van der Waals surface area contributed by atoms with Crippen molar-refractivity contribution in [3.05, 3.63) is 26.2 Å².